The number of nitrogens with two attached hydrogens (primary N) is 1. The predicted molar refractivity (Wildman–Crippen MR) is 156 cm³/mol. The summed E-state index contributed by atoms with van der Waals surface area (Å²) in [6.07, 6.45) is 6.57. The van der Waals surface area contributed by atoms with E-state index >= 15 is 0 Å². The fourth-order valence-corrected chi connectivity index (χ4v) is 6.28. The van der Waals surface area contributed by atoms with Crippen molar-refractivity contribution >= 4 is 17.2 Å². The predicted octanol–water partition coefficient (Wildman–Crippen LogP) is 5.07. The quantitative estimate of drug-likeness (QED) is 0.317. The Labute approximate surface area is 243 Å². The summed E-state index contributed by atoms with van der Waals surface area (Å²) >= 11 is 0. The highest BCUT2D eigenvalue weighted by atomic mass is 19.3. The molecule has 4 heterocycles. The lowest BCUT2D eigenvalue weighted by atomic mass is 9.81. The first-order valence-corrected chi connectivity index (χ1v) is 14.4. The summed E-state index contributed by atoms with van der Waals surface area (Å²) in [6, 6.07) is 14.1. The van der Waals surface area contributed by atoms with Crippen molar-refractivity contribution in [1.29, 1.82) is 0 Å². The number of alkyl halides is 2. The monoisotopic (exact) mass is 575 g/mol. The zero-order chi connectivity index (χ0) is 29.3. The third-order valence-electron chi connectivity index (χ3n) is 8.51. The average Bonchev–Trinajstić information content (AvgIpc) is 3.38. The van der Waals surface area contributed by atoms with Crippen molar-refractivity contribution in [3.05, 3.63) is 71.7 Å². The van der Waals surface area contributed by atoms with Gasteiger partial charge in [-0.15, -0.1) is 0 Å². The molecule has 0 spiro atoms. The summed E-state index contributed by atoms with van der Waals surface area (Å²) in [5, 5.41) is 7.65. The Hall–Kier alpha value is -4.12. The van der Waals surface area contributed by atoms with Gasteiger partial charge in [-0.1, -0.05) is 36.8 Å². The minimum absolute atomic E-state index is 0.0370. The maximum atomic E-state index is 13.7. The summed E-state index contributed by atoms with van der Waals surface area (Å²) in [6.45, 7) is 1.00. The number of piperidine rings is 1. The molecule has 220 valence electrons. The summed E-state index contributed by atoms with van der Waals surface area (Å²) in [4.78, 5) is 24.2. The maximum absolute atomic E-state index is 13.7. The lowest BCUT2D eigenvalue weighted by Gasteiger charge is -2.31. The molecule has 3 aromatic heterocycles. The van der Waals surface area contributed by atoms with E-state index in [0.29, 0.717) is 40.6 Å². The number of anilines is 1. The van der Waals surface area contributed by atoms with Gasteiger partial charge in [0.25, 0.3) is 11.8 Å². The largest absolute Gasteiger partial charge is 0.480 e. The molecule has 0 bridgehead atoms. The topological polar surface area (TPSA) is 111 Å². The van der Waals surface area contributed by atoms with Gasteiger partial charge in [0.15, 0.2) is 5.82 Å². The van der Waals surface area contributed by atoms with Crippen LogP contribution < -0.4 is 15.8 Å². The van der Waals surface area contributed by atoms with Crippen LogP contribution in [0.5, 0.6) is 5.88 Å². The van der Waals surface area contributed by atoms with Crippen LogP contribution in [0.4, 0.5) is 14.6 Å². The first-order valence-electron chi connectivity index (χ1n) is 14.4. The van der Waals surface area contributed by atoms with E-state index in [1.54, 1.807) is 16.8 Å². The van der Waals surface area contributed by atoms with Crippen molar-refractivity contribution in [2.75, 3.05) is 25.9 Å². The van der Waals surface area contributed by atoms with Crippen molar-refractivity contribution in [2.45, 2.75) is 63.0 Å². The molecular formula is C31H35F2N7O2. The van der Waals surface area contributed by atoms with Crippen LogP contribution in [0.1, 0.15) is 65.9 Å². The highest BCUT2D eigenvalue weighted by Crippen LogP contribution is 2.35. The molecule has 3 N–H and O–H groups in total. The third kappa shape index (κ3) is 5.78. The fourth-order valence-electron chi connectivity index (χ4n) is 6.28. The van der Waals surface area contributed by atoms with E-state index in [1.807, 2.05) is 17.0 Å². The lowest BCUT2D eigenvalue weighted by molar-refractivity contribution is -0.0565. The number of rotatable bonds is 7. The Bertz CT molecular complexity index is 1570. The molecular weight excluding hydrogens is 540 g/mol. The van der Waals surface area contributed by atoms with Gasteiger partial charge in [0.2, 0.25) is 5.88 Å². The first kappa shape index (κ1) is 28.0. The van der Waals surface area contributed by atoms with Gasteiger partial charge in [0.1, 0.15) is 17.4 Å². The summed E-state index contributed by atoms with van der Waals surface area (Å²) in [5.41, 5.74) is 10.6. The second-order valence-electron chi connectivity index (χ2n) is 11.3. The Morgan fingerprint density at radius 1 is 1.14 bits per heavy atom. The molecule has 2 aliphatic rings. The number of hydrogen-bond acceptors (Lipinski definition) is 7. The number of likely N-dealkylation sites (tertiary alicyclic amines) is 1. The second-order valence-corrected chi connectivity index (χ2v) is 11.3. The van der Waals surface area contributed by atoms with Crippen molar-refractivity contribution in [3.63, 3.8) is 0 Å². The zero-order valence-electron chi connectivity index (χ0n) is 23.6. The molecule has 4 aromatic rings. The number of methoxy groups -OCH3 is 1. The van der Waals surface area contributed by atoms with Crippen LogP contribution in [0.15, 0.2) is 55.0 Å². The molecule has 2 fully saturated rings. The molecule has 1 amide bonds. The van der Waals surface area contributed by atoms with Gasteiger partial charge in [-0.2, -0.15) is 5.10 Å². The minimum atomic E-state index is -2.63. The lowest BCUT2D eigenvalue weighted by Crippen LogP contribution is -2.38. The van der Waals surface area contributed by atoms with Crippen LogP contribution in [-0.4, -0.2) is 62.6 Å². The molecule has 11 heteroatoms. The number of nitrogens with zero attached hydrogens (tertiary/aromatic N) is 5. The number of halogens is 2. The number of ether oxygens (including phenoxy) is 1. The van der Waals surface area contributed by atoms with E-state index in [9.17, 15) is 13.6 Å². The summed E-state index contributed by atoms with van der Waals surface area (Å²) < 4.78 is 34.6. The highest BCUT2D eigenvalue weighted by molar-refractivity contribution is 5.97. The molecule has 1 unspecified atom stereocenters. The van der Waals surface area contributed by atoms with E-state index in [2.05, 4.69) is 44.6 Å². The number of hydrogen-bond donors (Lipinski definition) is 2. The molecule has 2 atom stereocenters. The summed E-state index contributed by atoms with van der Waals surface area (Å²) in [7, 11) is 1.49. The van der Waals surface area contributed by atoms with Crippen molar-refractivity contribution in [3.8, 4) is 17.1 Å². The fraction of sp³-hybridized carbons (Fsp3) is 0.419. The number of benzene rings is 1. The molecule has 9 nitrogen and oxygen atoms in total. The molecule has 1 saturated carbocycles. The van der Waals surface area contributed by atoms with E-state index < -0.39 is 5.92 Å². The van der Waals surface area contributed by atoms with Gasteiger partial charge >= 0.3 is 0 Å². The Kier molecular flexibility index (Phi) is 7.76. The van der Waals surface area contributed by atoms with Crippen molar-refractivity contribution < 1.29 is 18.3 Å². The van der Waals surface area contributed by atoms with Gasteiger partial charge in [0, 0.05) is 50.3 Å². The van der Waals surface area contributed by atoms with E-state index in [0.717, 1.165) is 31.2 Å². The van der Waals surface area contributed by atoms with E-state index in [4.69, 9.17) is 10.5 Å². The molecule has 1 saturated heterocycles. The Balaban J connectivity index is 1.27. The van der Waals surface area contributed by atoms with Crippen LogP contribution in [-0.2, 0) is 6.54 Å². The van der Waals surface area contributed by atoms with E-state index in [1.165, 1.54) is 19.0 Å². The van der Waals surface area contributed by atoms with Crippen LogP contribution >= 0.6 is 0 Å². The third-order valence-corrected chi connectivity index (χ3v) is 8.51. The van der Waals surface area contributed by atoms with E-state index in [-0.39, 0.29) is 43.8 Å². The Morgan fingerprint density at radius 3 is 2.69 bits per heavy atom. The number of nitrogen functional groups attached to an aromatic ring is 1. The number of aromatic nitrogens is 4. The first-order chi connectivity index (χ1) is 20.3. The molecule has 1 aromatic carbocycles. The standard InChI is InChI=1S/C31H35F2N7O2/c1-42-30-25(29(41)38-24-9-5-8-21(14-24)20-6-3-2-4-7-20)15-22(17-35-30)26-16-23(27-28(34)36-19-37-40(26)27)18-39-12-10-31(32,33)11-13-39/h2-4,6-7,15-17,19,21,24H,5,8-14,18H2,1H3,(H,38,41)(H2,34,36,37)/t21?,24-/m0/s1. The maximum Gasteiger partial charge on any atom is 0.257 e. The van der Waals surface area contributed by atoms with Gasteiger partial charge in [-0.25, -0.2) is 23.3 Å². The van der Waals surface area contributed by atoms with Gasteiger partial charge in [-0.3, -0.25) is 9.69 Å². The van der Waals surface area contributed by atoms with Gasteiger partial charge in [-0.05, 0) is 48.4 Å². The van der Waals surface area contributed by atoms with Gasteiger partial charge in [0.05, 0.1) is 12.8 Å². The molecule has 1 aliphatic carbocycles. The Morgan fingerprint density at radius 2 is 1.93 bits per heavy atom. The normalized spacial score (nSPS) is 20.8. The average molecular weight is 576 g/mol. The highest BCUT2D eigenvalue weighted by Gasteiger charge is 2.34. The smallest absolute Gasteiger partial charge is 0.257 e. The van der Waals surface area contributed by atoms with Crippen molar-refractivity contribution in [2.24, 2.45) is 0 Å². The molecule has 42 heavy (non-hydrogen) atoms. The number of amides is 1. The number of nitrogens with one attached hydrogen (secondary N) is 1. The second kappa shape index (κ2) is 11.6. The minimum Gasteiger partial charge on any atom is -0.480 e. The van der Waals surface area contributed by atoms with Gasteiger partial charge < -0.3 is 15.8 Å². The van der Waals surface area contributed by atoms with Crippen LogP contribution in [0, 0.1) is 0 Å². The van der Waals surface area contributed by atoms with Crippen LogP contribution in [0.25, 0.3) is 16.8 Å². The van der Waals surface area contributed by atoms with Crippen LogP contribution in [0.2, 0.25) is 0 Å². The number of carbonyl (C=O) groups is 1. The number of fused-ring (bicyclic) bond motifs is 1. The zero-order valence-corrected chi connectivity index (χ0v) is 23.6. The SMILES string of the molecule is COc1ncc(-c2cc(CN3CCC(F)(F)CC3)c3c(N)ncnn23)cc1C(=O)N[C@H]1CCCC(c2ccccc2)C1. The van der Waals surface area contributed by atoms with Crippen molar-refractivity contribution in [1.82, 2.24) is 29.8 Å². The molecule has 6 rings (SSSR count). The number of carbonyl (C=O) groups excluding carboxylic acids is 1. The molecule has 0 radical (unpaired) electrons. The molecule has 1 aliphatic heterocycles. The summed E-state index contributed by atoms with van der Waals surface area (Å²) in [5.74, 6) is -1.95. The number of pyridine rings is 1. The van der Waals surface area contributed by atoms with Crippen LogP contribution in [0.3, 0.4) is 0 Å².